The first-order chi connectivity index (χ1) is 1.91. The maximum Gasteiger partial charge on any atom is 3.00 e. The Morgan fingerprint density at radius 3 is 1.20 bits per heavy atom. The zero-order chi connectivity index (χ0) is 3.41. The van der Waals surface area contributed by atoms with Gasteiger partial charge >= 0.3 is 17.4 Å². The van der Waals surface area contributed by atoms with Gasteiger partial charge in [0.1, 0.15) is 0 Å². The molecule has 4 nitrogen and oxygen atoms in total. The molecule has 5 heavy (non-hydrogen) atoms. The van der Waals surface area contributed by atoms with Crippen LogP contribution in [0.2, 0.25) is 0 Å². The van der Waals surface area contributed by atoms with E-state index in [-0.39, 0.29) is 17.4 Å². The molecule has 0 aliphatic carbocycles. The molecular formula is H2AlN2O2+3. The predicted octanol–water partition coefficient (Wildman–Crippen LogP) is -0.164. The van der Waals surface area contributed by atoms with Gasteiger partial charge in [-0.2, -0.15) is 0 Å². The Morgan fingerprint density at radius 2 is 1.20 bits per heavy atom. The molecule has 0 aliphatic heterocycles. The van der Waals surface area contributed by atoms with Crippen LogP contribution < -0.4 is 0 Å². The molecule has 0 saturated heterocycles. The van der Waals surface area contributed by atoms with E-state index in [2.05, 4.69) is 0 Å². The number of rotatable bonds is 0. The Labute approximate surface area is 39.2 Å². The van der Waals surface area contributed by atoms with Crippen molar-refractivity contribution >= 4 is 17.4 Å². The van der Waals surface area contributed by atoms with E-state index in [1.165, 1.54) is 0 Å². The van der Waals surface area contributed by atoms with Gasteiger partial charge in [-0.3, -0.25) is 0 Å². The van der Waals surface area contributed by atoms with Crippen molar-refractivity contribution in [2.45, 2.75) is 0 Å². The Morgan fingerprint density at radius 1 is 1.00 bits per heavy atom. The van der Waals surface area contributed by atoms with Gasteiger partial charge in [0.25, 0.3) is 0 Å². The largest absolute Gasteiger partial charge is 3.00 e. The summed E-state index contributed by atoms with van der Waals surface area (Å²) in [7, 11) is 0. The molecule has 2 N–H and O–H groups in total. The molecule has 24 valence electrons. The minimum Gasteiger partial charge on any atom is -0.392 e. The second kappa shape index (κ2) is 9.28. The average molecular weight is 89.0 g/mol. The van der Waals surface area contributed by atoms with Crippen molar-refractivity contribution in [2.75, 3.05) is 0 Å². The fourth-order valence-electron chi connectivity index (χ4n) is 0. The fraction of sp³-hybridized carbons (Fsp3) is 0. The first-order valence-electron chi connectivity index (χ1n) is 0.600. The van der Waals surface area contributed by atoms with Crippen molar-refractivity contribution in [3.63, 3.8) is 0 Å². The Hall–Kier alpha value is -0.268. The minimum atomic E-state index is 0. The van der Waals surface area contributed by atoms with E-state index >= 15 is 0 Å². The summed E-state index contributed by atoms with van der Waals surface area (Å²) in [6.45, 7) is 0. The molecule has 0 saturated carbocycles. The van der Waals surface area contributed by atoms with Crippen molar-refractivity contribution in [1.29, 1.82) is 0 Å². The van der Waals surface area contributed by atoms with E-state index in [9.17, 15) is 0 Å². The minimum absolute atomic E-state index is 0. The van der Waals surface area contributed by atoms with Gasteiger partial charge in [0, 0.05) is 0 Å². The SMILES string of the molecule is O/N=N/O.[Al+3]. The monoisotopic (exact) mass is 89.0 g/mol. The summed E-state index contributed by atoms with van der Waals surface area (Å²) >= 11 is 0. The second-order valence-electron chi connectivity index (χ2n) is 0.179. The summed E-state index contributed by atoms with van der Waals surface area (Å²) in [5.41, 5.74) is 0. The van der Waals surface area contributed by atoms with E-state index in [4.69, 9.17) is 10.4 Å². The van der Waals surface area contributed by atoms with Gasteiger partial charge in [0.05, 0.1) is 10.6 Å². The van der Waals surface area contributed by atoms with Crippen molar-refractivity contribution in [2.24, 2.45) is 10.6 Å². The van der Waals surface area contributed by atoms with Gasteiger partial charge in [-0.1, -0.05) is 0 Å². The molecule has 0 unspecified atom stereocenters. The van der Waals surface area contributed by atoms with Crippen LogP contribution in [0.15, 0.2) is 10.6 Å². The summed E-state index contributed by atoms with van der Waals surface area (Å²) in [5, 5.41) is 18.0. The topological polar surface area (TPSA) is 65.2 Å². The van der Waals surface area contributed by atoms with Crippen LogP contribution in [0.3, 0.4) is 0 Å². The van der Waals surface area contributed by atoms with Crippen LogP contribution >= 0.6 is 0 Å². The van der Waals surface area contributed by atoms with E-state index in [0.717, 1.165) is 0 Å². The van der Waals surface area contributed by atoms with Gasteiger partial charge in [0.2, 0.25) is 0 Å². The Kier molecular flexibility index (Phi) is 16.4. The molecule has 0 radical (unpaired) electrons. The maximum atomic E-state index is 7.08. The van der Waals surface area contributed by atoms with Crippen molar-refractivity contribution in [3.8, 4) is 0 Å². The van der Waals surface area contributed by atoms with Crippen molar-refractivity contribution in [3.05, 3.63) is 0 Å². The molecule has 0 heterocycles. The summed E-state index contributed by atoms with van der Waals surface area (Å²) in [4.78, 5) is 0. The molecule has 0 spiro atoms. The molecular weight excluding hydrogens is 87.0 g/mol. The Bertz CT molecular complexity index is 22.8. The summed E-state index contributed by atoms with van der Waals surface area (Å²) in [6, 6.07) is 0. The number of hydrogen-bond donors (Lipinski definition) is 2. The third-order valence-corrected chi connectivity index (χ3v) is 0.0400. The smallest absolute Gasteiger partial charge is 0.392 e. The molecule has 0 aromatic rings. The van der Waals surface area contributed by atoms with Gasteiger partial charge in [0.15, 0.2) is 0 Å². The predicted molar refractivity (Wildman–Crippen MR) is 14.2 cm³/mol. The van der Waals surface area contributed by atoms with Crippen LogP contribution in [0.5, 0.6) is 0 Å². The van der Waals surface area contributed by atoms with E-state index in [1.807, 2.05) is 10.6 Å². The van der Waals surface area contributed by atoms with Crippen LogP contribution in [-0.2, 0) is 0 Å². The quantitative estimate of drug-likeness (QED) is 0.246. The molecule has 0 fully saturated rings. The van der Waals surface area contributed by atoms with E-state index in [1.54, 1.807) is 0 Å². The average Bonchev–Trinajstić information content (AvgIpc) is 1.37. The summed E-state index contributed by atoms with van der Waals surface area (Å²) in [6.07, 6.45) is 0. The van der Waals surface area contributed by atoms with Crippen LogP contribution in [0.1, 0.15) is 0 Å². The fourth-order valence-corrected chi connectivity index (χ4v) is 0. The third kappa shape index (κ3) is 20.9. The van der Waals surface area contributed by atoms with Crippen LogP contribution in [0.4, 0.5) is 0 Å². The molecule has 0 aromatic heterocycles. The molecule has 0 rings (SSSR count). The van der Waals surface area contributed by atoms with Gasteiger partial charge in [-0.25, -0.2) is 0 Å². The molecule has 0 aliphatic rings. The van der Waals surface area contributed by atoms with Crippen molar-refractivity contribution < 1.29 is 10.4 Å². The number of nitrogens with zero attached hydrogens (tertiary/aromatic N) is 2. The molecule has 0 aromatic carbocycles. The van der Waals surface area contributed by atoms with Crippen LogP contribution in [0.25, 0.3) is 0 Å². The summed E-state index contributed by atoms with van der Waals surface area (Å²) < 4.78 is 0. The van der Waals surface area contributed by atoms with Crippen molar-refractivity contribution in [1.82, 2.24) is 0 Å². The first-order valence-corrected chi connectivity index (χ1v) is 0.600. The zero-order valence-corrected chi connectivity index (χ0v) is 3.52. The zero-order valence-electron chi connectivity index (χ0n) is 2.37. The standard InChI is InChI=1S/Al.H2N2O2/c;3-1-2-4/h;(H,1,4)(H,2,3)/q+3;. The van der Waals surface area contributed by atoms with E-state index in [0.29, 0.717) is 0 Å². The van der Waals surface area contributed by atoms with Gasteiger partial charge in [-0.05, 0) is 0 Å². The number of hydrogen-bond acceptors (Lipinski definition) is 2. The van der Waals surface area contributed by atoms with Gasteiger partial charge in [-0.15, -0.1) is 0 Å². The normalized spacial score (nSPS) is 7.20. The molecule has 0 bridgehead atoms. The molecule has 0 atom stereocenters. The Balaban J connectivity index is 0. The van der Waals surface area contributed by atoms with E-state index < -0.39 is 0 Å². The second-order valence-corrected chi connectivity index (χ2v) is 0.179. The first kappa shape index (κ1) is 8.83. The molecule has 0 amide bonds. The van der Waals surface area contributed by atoms with Crippen LogP contribution in [-0.4, -0.2) is 27.8 Å². The third-order valence-electron chi connectivity index (χ3n) is 0.0400. The van der Waals surface area contributed by atoms with Crippen LogP contribution in [0, 0.1) is 0 Å². The molecule has 5 heteroatoms. The van der Waals surface area contributed by atoms with Gasteiger partial charge < -0.3 is 10.4 Å². The maximum absolute atomic E-state index is 7.08. The summed E-state index contributed by atoms with van der Waals surface area (Å²) in [5.74, 6) is 0.